The zero-order chi connectivity index (χ0) is 18.9. The van der Waals surface area contributed by atoms with Crippen molar-refractivity contribution >= 4 is 0 Å². The molecule has 0 radical (unpaired) electrons. The molecule has 1 aromatic heterocycles. The van der Waals surface area contributed by atoms with Crippen molar-refractivity contribution < 1.29 is 18.4 Å². The third-order valence-corrected chi connectivity index (χ3v) is 5.22. The first-order valence-electron chi connectivity index (χ1n) is 9.48. The first-order chi connectivity index (χ1) is 13.8. The lowest BCUT2D eigenvalue weighted by Gasteiger charge is -2.25. The summed E-state index contributed by atoms with van der Waals surface area (Å²) >= 11 is 0. The van der Waals surface area contributed by atoms with E-state index in [0.29, 0.717) is 31.5 Å². The van der Waals surface area contributed by atoms with Crippen LogP contribution in [0.2, 0.25) is 0 Å². The lowest BCUT2D eigenvalue weighted by molar-refractivity contribution is 0.170. The molecule has 2 aliphatic heterocycles. The van der Waals surface area contributed by atoms with Crippen molar-refractivity contribution in [1.29, 1.82) is 0 Å². The predicted molar refractivity (Wildman–Crippen MR) is 99.5 cm³/mol. The minimum atomic E-state index is -0.285. The topological polar surface area (TPSA) is 60.6 Å². The van der Waals surface area contributed by atoms with Crippen molar-refractivity contribution in [3.8, 4) is 22.9 Å². The Morgan fingerprint density at radius 2 is 1.86 bits per heavy atom. The van der Waals surface area contributed by atoms with Crippen LogP contribution in [0.3, 0.4) is 0 Å². The molecule has 0 unspecified atom stereocenters. The Kier molecular flexibility index (Phi) is 4.44. The molecule has 5 rings (SSSR count). The molecule has 3 aromatic rings. The molecule has 7 heteroatoms. The first-order valence-corrected chi connectivity index (χ1v) is 9.48. The molecule has 0 spiro atoms. The average molecular weight is 381 g/mol. The Balaban J connectivity index is 1.33. The number of aromatic nitrogens is 2. The van der Waals surface area contributed by atoms with Crippen LogP contribution in [0.4, 0.5) is 4.39 Å². The third kappa shape index (κ3) is 3.33. The van der Waals surface area contributed by atoms with E-state index in [4.69, 9.17) is 14.0 Å². The summed E-state index contributed by atoms with van der Waals surface area (Å²) in [6.07, 6.45) is 2.18. The van der Waals surface area contributed by atoms with E-state index in [-0.39, 0.29) is 11.9 Å². The summed E-state index contributed by atoms with van der Waals surface area (Å²) in [4.78, 5) is 6.83. The minimum absolute atomic E-state index is 0.275. The number of rotatable bonds is 4. The van der Waals surface area contributed by atoms with E-state index >= 15 is 0 Å². The predicted octanol–water partition coefficient (Wildman–Crippen LogP) is 3.98. The van der Waals surface area contributed by atoms with Gasteiger partial charge >= 0.3 is 0 Å². The first kappa shape index (κ1) is 17.2. The van der Waals surface area contributed by atoms with Gasteiger partial charge in [0.05, 0.1) is 6.54 Å². The Hall–Kier alpha value is -2.93. The third-order valence-electron chi connectivity index (χ3n) is 5.22. The number of halogens is 1. The molecule has 0 saturated carbocycles. The average Bonchev–Trinajstić information content (AvgIpc) is 3.38. The van der Waals surface area contributed by atoms with Crippen molar-refractivity contribution in [2.24, 2.45) is 0 Å². The molecule has 3 heterocycles. The summed E-state index contributed by atoms with van der Waals surface area (Å²) in [7, 11) is 0. The maximum Gasteiger partial charge on any atom is 0.241 e. The van der Waals surface area contributed by atoms with Gasteiger partial charge in [-0.05, 0) is 61.3 Å². The van der Waals surface area contributed by atoms with Crippen LogP contribution in [0.15, 0.2) is 47.0 Å². The molecule has 1 saturated heterocycles. The normalized spacial score (nSPS) is 19.1. The highest BCUT2D eigenvalue weighted by atomic mass is 19.1. The smallest absolute Gasteiger partial charge is 0.241 e. The fourth-order valence-corrected chi connectivity index (χ4v) is 3.87. The van der Waals surface area contributed by atoms with Crippen LogP contribution in [0.1, 0.15) is 30.3 Å². The van der Waals surface area contributed by atoms with Crippen molar-refractivity contribution in [3.05, 3.63) is 59.7 Å². The SMILES string of the molecule is Fc1ccc(-c2noc(CN3CCC[C@H]3c3ccc4c(c3)OCCO4)n2)cc1. The number of fused-ring (bicyclic) bond motifs is 1. The molecule has 2 aromatic carbocycles. The fourth-order valence-electron chi connectivity index (χ4n) is 3.87. The van der Waals surface area contributed by atoms with Gasteiger partial charge in [0.25, 0.3) is 0 Å². The van der Waals surface area contributed by atoms with Gasteiger partial charge in [0.2, 0.25) is 11.7 Å². The summed E-state index contributed by atoms with van der Waals surface area (Å²) in [5.41, 5.74) is 1.95. The summed E-state index contributed by atoms with van der Waals surface area (Å²) in [5.74, 6) is 2.37. The van der Waals surface area contributed by atoms with Gasteiger partial charge in [-0.15, -0.1) is 0 Å². The van der Waals surface area contributed by atoms with E-state index in [1.807, 2.05) is 6.07 Å². The Labute approximate surface area is 161 Å². The molecule has 1 atom stereocenters. The van der Waals surface area contributed by atoms with Crippen molar-refractivity contribution in [1.82, 2.24) is 15.0 Å². The van der Waals surface area contributed by atoms with Crippen molar-refractivity contribution in [2.45, 2.75) is 25.4 Å². The van der Waals surface area contributed by atoms with E-state index in [0.717, 1.165) is 36.4 Å². The van der Waals surface area contributed by atoms with Crippen LogP contribution in [0, 0.1) is 5.82 Å². The zero-order valence-electron chi connectivity index (χ0n) is 15.3. The molecule has 144 valence electrons. The van der Waals surface area contributed by atoms with Crippen LogP contribution in [-0.2, 0) is 6.54 Å². The second-order valence-electron chi connectivity index (χ2n) is 7.05. The van der Waals surface area contributed by atoms with Gasteiger partial charge in [0.1, 0.15) is 19.0 Å². The van der Waals surface area contributed by atoms with Crippen LogP contribution in [0.25, 0.3) is 11.4 Å². The van der Waals surface area contributed by atoms with Gasteiger partial charge in [0.15, 0.2) is 11.5 Å². The maximum atomic E-state index is 13.1. The summed E-state index contributed by atoms with van der Waals surface area (Å²) in [6, 6.07) is 12.5. The van der Waals surface area contributed by atoms with E-state index < -0.39 is 0 Å². The van der Waals surface area contributed by atoms with Crippen LogP contribution < -0.4 is 9.47 Å². The van der Waals surface area contributed by atoms with Crippen LogP contribution >= 0.6 is 0 Å². The largest absolute Gasteiger partial charge is 0.486 e. The summed E-state index contributed by atoms with van der Waals surface area (Å²) < 4.78 is 29.9. The molecule has 0 bridgehead atoms. The highest BCUT2D eigenvalue weighted by molar-refractivity contribution is 5.53. The molecular formula is C21H20FN3O3. The molecular weight excluding hydrogens is 361 g/mol. The number of hydrogen-bond acceptors (Lipinski definition) is 6. The second-order valence-corrected chi connectivity index (χ2v) is 7.05. The second kappa shape index (κ2) is 7.24. The number of nitrogens with zero attached hydrogens (tertiary/aromatic N) is 3. The molecule has 28 heavy (non-hydrogen) atoms. The summed E-state index contributed by atoms with van der Waals surface area (Å²) in [5, 5.41) is 4.04. The van der Waals surface area contributed by atoms with Gasteiger partial charge < -0.3 is 14.0 Å². The molecule has 0 aliphatic carbocycles. The number of benzene rings is 2. The van der Waals surface area contributed by atoms with Gasteiger partial charge in [-0.1, -0.05) is 11.2 Å². The van der Waals surface area contributed by atoms with Gasteiger partial charge in [-0.3, -0.25) is 4.90 Å². The molecule has 6 nitrogen and oxygen atoms in total. The van der Waals surface area contributed by atoms with Gasteiger partial charge in [0, 0.05) is 11.6 Å². The monoisotopic (exact) mass is 381 g/mol. The molecule has 2 aliphatic rings. The Morgan fingerprint density at radius 3 is 2.71 bits per heavy atom. The Morgan fingerprint density at radius 1 is 1.04 bits per heavy atom. The molecule has 0 amide bonds. The highest BCUT2D eigenvalue weighted by Gasteiger charge is 2.29. The number of likely N-dealkylation sites (tertiary alicyclic amines) is 1. The van der Waals surface area contributed by atoms with E-state index in [1.54, 1.807) is 12.1 Å². The maximum absolute atomic E-state index is 13.1. The van der Waals surface area contributed by atoms with Crippen LogP contribution in [0.5, 0.6) is 11.5 Å². The van der Waals surface area contributed by atoms with Gasteiger partial charge in [-0.25, -0.2) is 4.39 Å². The molecule has 1 fully saturated rings. The van der Waals surface area contributed by atoms with E-state index in [1.165, 1.54) is 17.7 Å². The van der Waals surface area contributed by atoms with Crippen molar-refractivity contribution in [2.75, 3.05) is 19.8 Å². The number of hydrogen-bond donors (Lipinski definition) is 0. The fraction of sp³-hybridized carbons (Fsp3) is 0.333. The molecule has 0 N–H and O–H groups in total. The van der Waals surface area contributed by atoms with Gasteiger partial charge in [-0.2, -0.15) is 4.98 Å². The zero-order valence-corrected chi connectivity index (χ0v) is 15.3. The lowest BCUT2D eigenvalue weighted by Crippen LogP contribution is -2.23. The van der Waals surface area contributed by atoms with Crippen LogP contribution in [-0.4, -0.2) is 34.8 Å². The lowest BCUT2D eigenvalue weighted by atomic mass is 10.0. The quantitative estimate of drug-likeness (QED) is 0.681. The standard InChI is InChI=1S/C21H20FN3O3/c22-16-6-3-14(4-7-16)21-23-20(28-24-21)13-25-9-1-2-17(25)15-5-8-18-19(12-15)27-11-10-26-18/h3-8,12,17H,1-2,9-11,13H2/t17-/m0/s1. The van der Waals surface area contributed by atoms with Crippen molar-refractivity contribution in [3.63, 3.8) is 0 Å². The number of ether oxygens (including phenoxy) is 2. The minimum Gasteiger partial charge on any atom is -0.486 e. The highest BCUT2D eigenvalue weighted by Crippen LogP contribution is 2.38. The van der Waals surface area contributed by atoms with E-state index in [2.05, 4.69) is 27.2 Å². The Bertz CT molecular complexity index is 973. The van der Waals surface area contributed by atoms with E-state index in [9.17, 15) is 4.39 Å². The summed E-state index contributed by atoms with van der Waals surface area (Å²) in [6.45, 7) is 2.72.